The predicted octanol–water partition coefficient (Wildman–Crippen LogP) is 12.0. The van der Waals surface area contributed by atoms with Gasteiger partial charge in [-0.25, -0.2) is 0 Å². The molecule has 0 saturated carbocycles. The topological polar surface area (TPSA) is 43.4 Å². The summed E-state index contributed by atoms with van der Waals surface area (Å²) >= 11 is -3.09. The monoisotopic (exact) mass is 850 g/mol. The van der Waals surface area contributed by atoms with Crippen molar-refractivity contribution in [2.45, 2.75) is 233 Å². The summed E-state index contributed by atoms with van der Waals surface area (Å²) in [6.45, 7) is 9.27. The molecule has 0 saturated heterocycles. The van der Waals surface area contributed by atoms with Gasteiger partial charge < -0.3 is 0 Å². The van der Waals surface area contributed by atoms with Crippen molar-refractivity contribution in [2.24, 2.45) is 11.8 Å². The zero-order chi connectivity index (χ0) is 33.2. The molecule has 0 unspecified atom stereocenters. The molecule has 0 heterocycles. The van der Waals surface area contributed by atoms with Crippen LogP contribution in [-0.2, 0) is 11.0 Å². The third kappa shape index (κ3) is 29.5. The van der Waals surface area contributed by atoms with Crippen molar-refractivity contribution >= 4 is 50.7 Å². The van der Waals surface area contributed by atoms with Crippen molar-refractivity contribution in [3.05, 3.63) is 0 Å². The number of hydrogen-bond acceptors (Lipinski definition) is 3. The molecule has 3 nitrogen and oxygen atoms in total. The minimum absolute atomic E-state index is 0.0101. The van der Waals surface area contributed by atoms with E-state index in [1.165, 1.54) is 167 Å². The Morgan fingerprint density at radius 2 is 0.667 bits per heavy atom. The van der Waals surface area contributed by atoms with E-state index in [1.807, 2.05) is 0 Å². The molecule has 0 aliphatic carbocycles. The van der Waals surface area contributed by atoms with Gasteiger partial charge in [-0.05, 0) is 0 Å². The van der Waals surface area contributed by atoms with Gasteiger partial charge in [0.15, 0.2) is 0 Å². The summed E-state index contributed by atoms with van der Waals surface area (Å²) in [6, 6.07) is 0. The van der Waals surface area contributed by atoms with E-state index in [9.17, 15) is 9.59 Å². The first kappa shape index (κ1) is 45.9. The summed E-state index contributed by atoms with van der Waals surface area (Å²) in [7, 11) is 0. The number of hydrogen-bond donors (Lipinski definition) is 0. The van der Waals surface area contributed by atoms with Gasteiger partial charge in [-0.2, -0.15) is 0 Å². The van der Waals surface area contributed by atoms with E-state index in [0.29, 0.717) is 12.8 Å². The van der Waals surface area contributed by atoms with Crippen LogP contribution in [0.2, 0.25) is 0 Å². The second kappa shape index (κ2) is 36.2. The zero-order valence-electron chi connectivity index (χ0n) is 31.6. The van der Waals surface area contributed by atoms with Crippen LogP contribution in [0.5, 0.6) is 0 Å². The number of carbonyl (C=O) groups excluding carboxylic acids is 2. The Bertz CT molecular complexity index is 573. The molecule has 0 aliphatic heterocycles. The van der Waals surface area contributed by atoms with Crippen LogP contribution in [0.4, 0.5) is 0 Å². The maximum atomic E-state index is 12.8. The molecular formula is C40H82O3Sn2. The fourth-order valence-electron chi connectivity index (χ4n) is 7.13. The maximum absolute atomic E-state index is 12.8. The van der Waals surface area contributed by atoms with Gasteiger partial charge in [0.1, 0.15) is 0 Å². The molecule has 5 heteroatoms. The molecule has 0 spiro atoms. The Balaban J connectivity index is 3.80. The Morgan fingerprint density at radius 1 is 0.422 bits per heavy atom. The molecule has 0 aromatic carbocycles. The molecule has 0 radical (unpaired) electrons. The number of rotatable bonds is 37. The minimum Gasteiger partial charge on any atom is -0.0654 e. The molecule has 0 N–H and O–H groups in total. The van der Waals surface area contributed by atoms with Crippen LogP contribution in [0.3, 0.4) is 0 Å². The van der Waals surface area contributed by atoms with Gasteiger partial charge in [-0.1, -0.05) is 105 Å². The van der Waals surface area contributed by atoms with Crippen molar-refractivity contribution in [1.82, 2.24) is 0 Å². The van der Waals surface area contributed by atoms with Crippen molar-refractivity contribution in [1.29, 1.82) is 0 Å². The molecule has 0 atom stereocenters. The Morgan fingerprint density at radius 3 is 0.933 bits per heavy atom. The standard InChI is InChI=1S/2C20H39O.O.2Sn.4H/c2*1-3-5-16-20(17-6-4-2)18-14-12-10-8-7-9-11-13-15-19-21;;;;;;;/h2*20H,3-18H2,1-2H3;;;;;;;. The van der Waals surface area contributed by atoms with Crippen LogP contribution in [0.25, 0.3) is 0 Å². The van der Waals surface area contributed by atoms with Crippen LogP contribution < -0.4 is 0 Å². The summed E-state index contributed by atoms with van der Waals surface area (Å²) < 4.78 is 6.30. The SMILES string of the molecule is CCCCC(CCCC)CCCCCCCCCC[C](=O)[SnH]([O][SnH3])[C](=O)CCCCCCCCCCC(CCCC)CCCC. The van der Waals surface area contributed by atoms with Gasteiger partial charge >= 0.3 is 202 Å². The van der Waals surface area contributed by atoms with Gasteiger partial charge in [-0.3, -0.25) is 0 Å². The molecule has 268 valence electrons. The van der Waals surface area contributed by atoms with Crippen molar-refractivity contribution in [3.8, 4) is 0 Å². The quantitative estimate of drug-likeness (QED) is 0.0462. The molecule has 0 bridgehead atoms. The van der Waals surface area contributed by atoms with Crippen LogP contribution in [-0.4, -0.2) is 50.7 Å². The average molecular weight is 849 g/mol. The minimum atomic E-state index is -3.08. The van der Waals surface area contributed by atoms with Crippen molar-refractivity contribution < 1.29 is 11.0 Å². The first-order valence-electron chi connectivity index (χ1n) is 20.6. The second-order valence-electron chi connectivity index (χ2n) is 14.6. The molecule has 0 aromatic rings. The summed E-state index contributed by atoms with van der Waals surface area (Å²) in [4.78, 5) is 25.6. The van der Waals surface area contributed by atoms with Crippen molar-refractivity contribution in [3.63, 3.8) is 0 Å². The smallest absolute Gasteiger partial charge is 0.0654 e. The van der Waals surface area contributed by atoms with E-state index in [0.717, 1.165) is 37.5 Å². The summed E-state index contributed by atoms with van der Waals surface area (Å²) in [5.74, 6) is 1.94. The predicted molar refractivity (Wildman–Crippen MR) is 206 cm³/mol. The van der Waals surface area contributed by atoms with E-state index in [2.05, 4.69) is 27.7 Å². The molecule has 45 heavy (non-hydrogen) atoms. The summed E-state index contributed by atoms with van der Waals surface area (Å²) in [6.07, 6.45) is 41.2. The normalized spacial score (nSPS) is 11.9. The first-order valence-corrected chi connectivity index (χ1v) is 27.6. The van der Waals surface area contributed by atoms with E-state index in [-0.39, 0.29) is 30.5 Å². The molecule has 0 aliphatic rings. The van der Waals surface area contributed by atoms with Gasteiger partial charge in [0.2, 0.25) is 0 Å². The summed E-state index contributed by atoms with van der Waals surface area (Å²) in [5.41, 5.74) is 0. The molecule has 0 fully saturated rings. The third-order valence-corrected chi connectivity index (χ3v) is 25.6. The van der Waals surface area contributed by atoms with Crippen molar-refractivity contribution in [2.75, 3.05) is 0 Å². The molecule has 0 aromatic heterocycles. The van der Waals surface area contributed by atoms with Crippen LogP contribution in [0.1, 0.15) is 233 Å². The second-order valence-corrected chi connectivity index (χ2v) is 30.8. The summed E-state index contributed by atoms with van der Waals surface area (Å²) in [5, 5.41) is 0. The number of carbonyl (C=O) groups is 2. The Labute approximate surface area is 304 Å². The molecule has 0 amide bonds. The first-order chi connectivity index (χ1) is 22.0. The zero-order valence-corrected chi connectivity index (χ0v) is 40.6. The third-order valence-electron chi connectivity index (χ3n) is 10.3. The Kier molecular flexibility index (Phi) is 36.9. The Hall–Kier alpha value is 0.897. The van der Waals surface area contributed by atoms with Gasteiger partial charge in [-0.15, -0.1) is 0 Å². The van der Waals surface area contributed by atoms with Gasteiger partial charge in [0.25, 0.3) is 0 Å². The van der Waals surface area contributed by atoms with E-state index in [1.54, 1.807) is 0 Å². The van der Waals surface area contributed by atoms with E-state index >= 15 is 0 Å². The number of unbranched alkanes of at least 4 members (excludes halogenated alkanes) is 18. The molecular weight excluding hydrogens is 766 g/mol. The average Bonchev–Trinajstić information content (AvgIpc) is 3.04. The van der Waals surface area contributed by atoms with Crippen LogP contribution >= 0.6 is 0 Å². The van der Waals surface area contributed by atoms with E-state index in [4.69, 9.17) is 1.41 Å². The fourth-order valence-corrected chi connectivity index (χ4v) is 22.4. The van der Waals surface area contributed by atoms with Crippen LogP contribution in [0.15, 0.2) is 0 Å². The fraction of sp³-hybridized carbons (Fsp3) is 0.950. The van der Waals surface area contributed by atoms with Crippen LogP contribution in [0, 0.1) is 11.8 Å². The molecule has 0 rings (SSSR count). The van der Waals surface area contributed by atoms with E-state index < -0.39 is 20.2 Å². The van der Waals surface area contributed by atoms with Gasteiger partial charge in [0, 0.05) is 0 Å². The van der Waals surface area contributed by atoms with Gasteiger partial charge in [0.05, 0.1) is 0 Å².